The van der Waals surface area contributed by atoms with Crippen LogP contribution < -0.4 is 4.89 Å². The fourth-order valence-corrected chi connectivity index (χ4v) is 3.76. The van der Waals surface area contributed by atoms with E-state index in [4.69, 9.17) is 9.94 Å². The van der Waals surface area contributed by atoms with Crippen molar-refractivity contribution in [3.8, 4) is 0 Å². The summed E-state index contributed by atoms with van der Waals surface area (Å²) in [6.07, 6.45) is 0.382. The Morgan fingerprint density at radius 2 is 2.28 bits per heavy atom. The third-order valence-electron chi connectivity index (χ3n) is 2.64. The van der Waals surface area contributed by atoms with Crippen molar-refractivity contribution >= 4 is 27.3 Å². The summed E-state index contributed by atoms with van der Waals surface area (Å²) in [4.78, 5) is 17.6. The zero-order chi connectivity index (χ0) is 13.3. The normalized spacial score (nSPS) is 17.6. The lowest BCUT2D eigenvalue weighted by molar-refractivity contribution is -0.154. The van der Waals surface area contributed by atoms with Crippen LogP contribution in [-0.2, 0) is 19.7 Å². The molecule has 0 radical (unpaired) electrons. The summed E-state index contributed by atoms with van der Waals surface area (Å²) in [5.41, 5.74) is 0.606. The molecule has 0 amide bonds. The first-order valence-electron chi connectivity index (χ1n) is 5.36. The molecular formula is C10H13NO5S2. The van der Waals surface area contributed by atoms with Crippen LogP contribution >= 0.6 is 11.3 Å². The molecule has 1 fully saturated rings. The Kier molecular flexibility index (Phi) is 3.71. The molecule has 0 aromatic carbocycles. The monoisotopic (exact) mass is 291 g/mol. The summed E-state index contributed by atoms with van der Waals surface area (Å²) in [5, 5.41) is 10.6. The molecule has 1 aliphatic carbocycles. The summed E-state index contributed by atoms with van der Waals surface area (Å²) in [7, 11) is -3.80. The smallest absolute Gasteiger partial charge is 0.335 e. The molecule has 1 heterocycles. The Bertz CT molecular complexity index is 546. The number of thiophene rings is 1. The van der Waals surface area contributed by atoms with Gasteiger partial charge in [-0.25, -0.2) is 13.2 Å². The van der Waals surface area contributed by atoms with Gasteiger partial charge in [0.15, 0.2) is 6.10 Å². The minimum Gasteiger partial charge on any atom is -0.479 e. The Hall–Kier alpha value is -0.960. The standard InChI is InChI=1S/C10H13NO5S2/c1-6-4-5-17-10(6)18(14,15)11-16-8(9(12)13)7-2-3-7/h4-5,7-8,11H,2-3H2,1H3,(H,12,13). The number of carboxylic acids is 1. The van der Waals surface area contributed by atoms with Gasteiger partial charge < -0.3 is 5.11 Å². The van der Waals surface area contributed by atoms with Gasteiger partial charge in [0.25, 0.3) is 10.0 Å². The lowest BCUT2D eigenvalue weighted by Gasteiger charge is -2.12. The van der Waals surface area contributed by atoms with Crippen LogP contribution in [0.4, 0.5) is 0 Å². The lowest BCUT2D eigenvalue weighted by atomic mass is 10.2. The fourth-order valence-electron chi connectivity index (χ4n) is 1.53. The molecule has 2 rings (SSSR count). The molecule has 0 saturated heterocycles. The maximum atomic E-state index is 11.9. The van der Waals surface area contributed by atoms with E-state index in [9.17, 15) is 13.2 Å². The predicted octanol–water partition coefficient (Wildman–Crippen LogP) is 1.13. The highest BCUT2D eigenvalue weighted by Gasteiger charge is 2.38. The number of nitrogens with one attached hydrogen (secondary N) is 1. The second kappa shape index (κ2) is 4.96. The minimum atomic E-state index is -3.80. The highest BCUT2D eigenvalue weighted by atomic mass is 32.2. The number of rotatable bonds is 6. The molecule has 18 heavy (non-hydrogen) atoms. The van der Waals surface area contributed by atoms with Gasteiger partial charge in [-0.3, -0.25) is 4.84 Å². The summed E-state index contributed by atoms with van der Waals surface area (Å²) in [6, 6.07) is 1.68. The molecule has 1 saturated carbocycles. The van der Waals surface area contributed by atoms with E-state index in [1.54, 1.807) is 18.4 Å². The van der Waals surface area contributed by atoms with Crippen molar-refractivity contribution in [2.24, 2.45) is 5.92 Å². The summed E-state index contributed by atoms with van der Waals surface area (Å²) >= 11 is 1.06. The SMILES string of the molecule is Cc1ccsc1S(=O)(=O)NOC(C(=O)O)C1CC1. The van der Waals surface area contributed by atoms with E-state index in [-0.39, 0.29) is 10.1 Å². The van der Waals surface area contributed by atoms with E-state index in [2.05, 4.69) is 0 Å². The molecule has 8 heteroatoms. The number of carbonyl (C=O) groups is 1. The molecule has 0 aliphatic heterocycles. The first kappa shape index (κ1) is 13.5. The van der Waals surface area contributed by atoms with Gasteiger partial charge in [0.05, 0.1) is 0 Å². The van der Waals surface area contributed by atoms with E-state index in [1.807, 2.05) is 4.89 Å². The number of sulfonamides is 1. The van der Waals surface area contributed by atoms with Crippen LogP contribution in [0.5, 0.6) is 0 Å². The average molecular weight is 291 g/mol. The Balaban J connectivity index is 2.05. The van der Waals surface area contributed by atoms with E-state index < -0.39 is 22.1 Å². The molecule has 1 atom stereocenters. The molecule has 1 aliphatic rings. The summed E-state index contributed by atoms with van der Waals surface area (Å²) in [5.74, 6) is -1.25. The van der Waals surface area contributed by atoms with Crippen LogP contribution in [0.1, 0.15) is 18.4 Å². The Labute approximate surface area is 109 Å². The number of carboxylic acid groups (broad SMARTS) is 1. The van der Waals surface area contributed by atoms with E-state index >= 15 is 0 Å². The third-order valence-corrected chi connectivity index (χ3v) is 5.52. The molecule has 1 aromatic rings. The van der Waals surface area contributed by atoms with E-state index in [0.717, 1.165) is 24.2 Å². The number of hydrogen-bond donors (Lipinski definition) is 2. The molecule has 1 unspecified atom stereocenters. The maximum Gasteiger partial charge on any atom is 0.335 e. The third kappa shape index (κ3) is 2.89. The van der Waals surface area contributed by atoms with Crippen LogP contribution in [0, 0.1) is 12.8 Å². The molecule has 1 aromatic heterocycles. The topological polar surface area (TPSA) is 92.7 Å². The first-order chi connectivity index (χ1) is 8.42. The molecule has 6 nitrogen and oxygen atoms in total. The Morgan fingerprint density at radius 3 is 2.72 bits per heavy atom. The second-order valence-electron chi connectivity index (χ2n) is 4.19. The number of aryl methyl sites for hydroxylation is 1. The van der Waals surface area contributed by atoms with Crippen molar-refractivity contribution in [1.29, 1.82) is 0 Å². The van der Waals surface area contributed by atoms with E-state index in [1.165, 1.54) is 0 Å². The van der Waals surface area contributed by atoms with Crippen molar-refractivity contribution in [2.75, 3.05) is 0 Å². The van der Waals surface area contributed by atoms with Crippen molar-refractivity contribution in [3.05, 3.63) is 17.0 Å². The number of hydrogen-bond acceptors (Lipinski definition) is 5. The van der Waals surface area contributed by atoms with Gasteiger partial charge >= 0.3 is 5.97 Å². The lowest BCUT2D eigenvalue weighted by Crippen LogP contribution is -2.35. The van der Waals surface area contributed by atoms with Crippen molar-refractivity contribution in [2.45, 2.75) is 30.1 Å². The molecule has 2 N–H and O–H groups in total. The van der Waals surface area contributed by atoms with Crippen LogP contribution in [0.15, 0.2) is 15.7 Å². The molecular weight excluding hydrogens is 278 g/mol. The maximum absolute atomic E-state index is 11.9. The summed E-state index contributed by atoms with van der Waals surface area (Å²) in [6.45, 7) is 1.67. The predicted molar refractivity (Wildman–Crippen MR) is 64.6 cm³/mol. The highest BCUT2D eigenvalue weighted by Crippen LogP contribution is 2.34. The van der Waals surface area contributed by atoms with E-state index in [0.29, 0.717) is 5.56 Å². The zero-order valence-corrected chi connectivity index (χ0v) is 11.3. The van der Waals surface area contributed by atoms with Crippen LogP contribution in [0.25, 0.3) is 0 Å². The second-order valence-corrected chi connectivity index (χ2v) is 6.95. The van der Waals surface area contributed by atoms with Gasteiger partial charge in [-0.2, -0.15) is 0 Å². The van der Waals surface area contributed by atoms with Crippen LogP contribution in [0.3, 0.4) is 0 Å². The van der Waals surface area contributed by atoms with Crippen LogP contribution in [-0.4, -0.2) is 25.6 Å². The van der Waals surface area contributed by atoms with Gasteiger partial charge in [-0.05, 0) is 42.7 Å². The van der Waals surface area contributed by atoms with Gasteiger partial charge in [0.1, 0.15) is 4.21 Å². The largest absolute Gasteiger partial charge is 0.479 e. The average Bonchev–Trinajstić information content (AvgIpc) is 2.99. The van der Waals surface area contributed by atoms with Gasteiger partial charge in [-0.1, -0.05) is 4.89 Å². The van der Waals surface area contributed by atoms with Gasteiger partial charge in [0, 0.05) is 0 Å². The van der Waals surface area contributed by atoms with Crippen molar-refractivity contribution < 1.29 is 23.2 Å². The number of aliphatic carboxylic acids is 1. The minimum absolute atomic E-state index is 0.102. The van der Waals surface area contributed by atoms with Gasteiger partial charge in [-0.15, -0.1) is 11.3 Å². The van der Waals surface area contributed by atoms with Gasteiger partial charge in [0.2, 0.25) is 0 Å². The summed E-state index contributed by atoms with van der Waals surface area (Å²) < 4.78 is 23.9. The zero-order valence-electron chi connectivity index (χ0n) is 9.62. The van der Waals surface area contributed by atoms with Crippen LogP contribution in [0.2, 0.25) is 0 Å². The Morgan fingerprint density at radius 1 is 1.61 bits per heavy atom. The molecule has 0 bridgehead atoms. The first-order valence-corrected chi connectivity index (χ1v) is 7.72. The quantitative estimate of drug-likeness (QED) is 0.766. The van der Waals surface area contributed by atoms with Crippen molar-refractivity contribution in [1.82, 2.24) is 4.89 Å². The highest BCUT2D eigenvalue weighted by molar-refractivity contribution is 7.91. The molecule has 100 valence electrons. The van der Waals surface area contributed by atoms with Crippen molar-refractivity contribution in [3.63, 3.8) is 0 Å². The molecule has 0 spiro atoms. The fraction of sp³-hybridized carbons (Fsp3) is 0.500.